The van der Waals surface area contributed by atoms with Gasteiger partial charge in [0.2, 0.25) is 10.0 Å². The lowest BCUT2D eigenvalue weighted by molar-refractivity contribution is -0.137. The van der Waals surface area contributed by atoms with E-state index >= 15 is 0 Å². The summed E-state index contributed by atoms with van der Waals surface area (Å²) >= 11 is 0. The van der Waals surface area contributed by atoms with Gasteiger partial charge in [-0.05, 0) is 30.7 Å². The summed E-state index contributed by atoms with van der Waals surface area (Å²) in [6, 6.07) is 3.26. The molecule has 0 aliphatic carbocycles. The van der Waals surface area contributed by atoms with E-state index in [1.807, 2.05) is 0 Å². The summed E-state index contributed by atoms with van der Waals surface area (Å²) in [7, 11) is -3.75. The largest absolute Gasteiger partial charge is 0.416 e. The van der Waals surface area contributed by atoms with E-state index in [4.69, 9.17) is 5.73 Å². The average Bonchev–Trinajstić information content (AvgIpc) is 2.76. The highest BCUT2D eigenvalue weighted by molar-refractivity contribution is 7.89. The third-order valence-corrected chi connectivity index (χ3v) is 4.89. The van der Waals surface area contributed by atoms with E-state index in [0.29, 0.717) is 13.0 Å². The van der Waals surface area contributed by atoms with Gasteiger partial charge < -0.3 is 5.73 Å². The van der Waals surface area contributed by atoms with Crippen molar-refractivity contribution in [3.8, 4) is 0 Å². The molecule has 114 valence electrons. The molecular formula is C11H14ClF3N2O2S. The molecule has 2 N–H and O–H groups in total. The highest BCUT2D eigenvalue weighted by Crippen LogP contribution is 2.30. The highest BCUT2D eigenvalue weighted by Gasteiger charge is 2.33. The van der Waals surface area contributed by atoms with Crippen molar-refractivity contribution >= 4 is 22.4 Å². The van der Waals surface area contributed by atoms with E-state index in [1.165, 1.54) is 4.31 Å². The standard InChI is InChI=1S/C11H13F3N2O2S.ClH/c12-11(13,14)8-1-3-10(4-2-8)19(17,18)16-6-5-9(15)7-16;/h1-4,9H,5-7,15H2;1H/t9-;/m1./s1. The number of benzene rings is 1. The third-order valence-electron chi connectivity index (χ3n) is 3.01. The fourth-order valence-corrected chi connectivity index (χ4v) is 3.45. The molecule has 1 aromatic rings. The van der Waals surface area contributed by atoms with Gasteiger partial charge in [0.05, 0.1) is 10.5 Å². The molecule has 1 aromatic carbocycles. The van der Waals surface area contributed by atoms with E-state index in [9.17, 15) is 21.6 Å². The van der Waals surface area contributed by atoms with Crippen molar-refractivity contribution < 1.29 is 21.6 Å². The van der Waals surface area contributed by atoms with Crippen molar-refractivity contribution in [3.05, 3.63) is 29.8 Å². The Labute approximate surface area is 121 Å². The zero-order chi connectivity index (χ0) is 14.3. The fourth-order valence-electron chi connectivity index (χ4n) is 1.94. The summed E-state index contributed by atoms with van der Waals surface area (Å²) < 4.78 is 62.6. The molecule has 1 fully saturated rings. The van der Waals surface area contributed by atoms with Crippen LogP contribution in [0.2, 0.25) is 0 Å². The molecule has 1 aliphatic rings. The van der Waals surface area contributed by atoms with Crippen LogP contribution in [-0.4, -0.2) is 31.9 Å². The lowest BCUT2D eigenvalue weighted by Gasteiger charge is -2.16. The van der Waals surface area contributed by atoms with Crippen LogP contribution in [0.1, 0.15) is 12.0 Å². The Morgan fingerprint density at radius 2 is 1.75 bits per heavy atom. The van der Waals surface area contributed by atoms with Gasteiger partial charge >= 0.3 is 6.18 Å². The number of hydrogen-bond acceptors (Lipinski definition) is 3. The summed E-state index contributed by atoms with van der Waals surface area (Å²) in [5.74, 6) is 0. The number of sulfonamides is 1. The maximum atomic E-state index is 12.4. The van der Waals surface area contributed by atoms with Crippen molar-refractivity contribution in [1.29, 1.82) is 0 Å². The topological polar surface area (TPSA) is 63.4 Å². The summed E-state index contributed by atoms with van der Waals surface area (Å²) in [5, 5.41) is 0. The molecule has 0 unspecified atom stereocenters. The first-order chi connectivity index (χ1) is 8.71. The molecule has 0 bridgehead atoms. The molecule has 1 heterocycles. The maximum absolute atomic E-state index is 12.4. The molecule has 0 aromatic heterocycles. The van der Waals surface area contributed by atoms with E-state index in [1.54, 1.807) is 0 Å². The number of nitrogens with two attached hydrogens (primary N) is 1. The van der Waals surface area contributed by atoms with Crippen molar-refractivity contribution in [3.63, 3.8) is 0 Å². The van der Waals surface area contributed by atoms with Gasteiger partial charge in [-0.25, -0.2) is 8.42 Å². The molecule has 0 saturated carbocycles. The van der Waals surface area contributed by atoms with Crippen molar-refractivity contribution in [1.82, 2.24) is 4.31 Å². The monoisotopic (exact) mass is 330 g/mol. The molecule has 20 heavy (non-hydrogen) atoms. The summed E-state index contributed by atoms with van der Waals surface area (Å²) in [4.78, 5) is -0.144. The summed E-state index contributed by atoms with van der Waals surface area (Å²) in [5.41, 5.74) is 4.76. The Balaban J connectivity index is 0.00000200. The van der Waals surface area contributed by atoms with Crippen molar-refractivity contribution in [2.24, 2.45) is 5.73 Å². The van der Waals surface area contributed by atoms with E-state index in [2.05, 4.69) is 0 Å². The Kier molecular flexibility index (Phi) is 5.07. The lowest BCUT2D eigenvalue weighted by atomic mass is 10.2. The molecule has 0 radical (unpaired) electrons. The van der Waals surface area contributed by atoms with Crippen LogP contribution in [0.15, 0.2) is 29.2 Å². The molecule has 4 nitrogen and oxygen atoms in total. The first-order valence-corrected chi connectivity index (χ1v) is 7.08. The normalized spacial score (nSPS) is 20.7. The molecule has 9 heteroatoms. The van der Waals surface area contributed by atoms with Gasteiger partial charge in [-0.2, -0.15) is 17.5 Å². The molecule has 0 spiro atoms. The number of nitrogens with zero attached hydrogens (tertiary/aromatic N) is 1. The SMILES string of the molecule is Cl.N[C@@H]1CCN(S(=O)(=O)c2ccc(C(F)(F)F)cc2)C1. The number of halogens is 4. The van der Waals surface area contributed by atoms with E-state index in [0.717, 1.165) is 24.3 Å². The second-order valence-corrected chi connectivity index (χ2v) is 6.37. The summed E-state index contributed by atoms with van der Waals surface area (Å²) in [6.45, 7) is 0.494. The smallest absolute Gasteiger partial charge is 0.326 e. The van der Waals surface area contributed by atoms with Crippen LogP contribution in [0.5, 0.6) is 0 Å². The van der Waals surface area contributed by atoms with Crippen molar-refractivity contribution in [2.75, 3.05) is 13.1 Å². The van der Waals surface area contributed by atoms with Crippen LogP contribution in [0.3, 0.4) is 0 Å². The van der Waals surface area contributed by atoms with Gasteiger partial charge in [-0.3, -0.25) is 0 Å². The van der Waals surface area contributed by atoms with E-state index in [-0.39, 0.29) is 29.9 Å². The second-order valence-electron chi connectivity index (χ2n) is 4.43. The number of rotatable bonds is 2. The Morgan fingerprint density at radius 1 is 1.20 bits per heavy atom. The molecule has 0 amide bonds. The fraction of sp³-hybridized carbons (Fsp3) is 0.455. The lowest BCUT2D eigenvalue weighted by Crippen LogP contribution is -2.32. The number of alkyl halides is 3. The van der Waals surface area contributed by atoms with Gasteiger partial charge in [0.15, 0.2) is 0 Å². The minimum atomic E-state index is -4.47. The van der Waals surface area contributed by atoms with Crippen LogP contribution in [-0.2, 0) is 16.2 Å². The van der Waals surface area contributed by atoms with Crippen LogP contribution >= 0.6 is 12.4 Å². The van der Waals surface area contributed by atoms with Gasteiger partial charge in [0.1, 0.15) is 0 Å². The third kappa shape index (κ3) is 3.43. The Bertz CT molecular complexity index is 560. The van der Waals surface area contributed by atoms with Gasteiger partial charge in [-0.15, -0.1) is 12.4 Å². The average molecular weight is 331 g/mol. The summed E-state index contributed by atoms with van der Waals surface area (Å²) in [6.07, 6.45) is -3.92. The molecule has 1 saturated heterocycles. The molecule has 1 atom stereocenters. The first kappa shape index (κ1) is 17.2. The van der Waals surface area contributed by atoms with Gasteiger partial charge in [0, 0.05) is 19.1 Å². The quantitative estimate of drug-likeness (QED) is 0.900. The van der Waals surface area contributed by atoms with Crippen LogP contribution < -0.4 is 5.73 Å². The van der Waals surface area contributed by atoms with Crippen molar-refractivity contribution in [2.45, 2.75) is 23.5 Å². The number of hydrogen-bond donors (Lipinski definition) is 1. The second kappa shape index (κ2) is 5.88. The van der Waals surface area contributed by atoms with E-state index < -0.39 is 21.8 Å². The zero-order valence-corrected chi connectivity index (χ0v) is 11.9. The van der Waals surface area contributed by atoms with Crippen LogP contribution in [0.4, 0.5) is 13.2 Å². The molecule has 2 rings (SSSR count). The first-order valence-electron chi connectivity index (χ1n) is 5.64. The predicted octanol–water partition coefficient (Wildman–Crippen LogP) is 1.85. The Morgan fingerprint density at radius 3 is 2.15 bits per heavy atom. The van der Waals surface area contributed by atoms with Gasteiger partial charge in [0.25, 0.3) is 0 Å². The molecular weight excluding hydrogens is 317 g/mol. The van der Waals surface area contributed by atoms with Gasteiger partial charge in [-0.1, -0.05) is 0 Å². The minimum absolute atomic E-state index is 0. The Hall–Kier alpha value is -0.830. The maximum Gasteiger partial charge on any atom is 0.416 e. The highest BCUT2D eigenvalue weighted by atomic mass is 35.5. The minimum Gasteiger partial charge on any atom is -0.326 e. The zero-order valence-electron chi connectivity index (χ0n) is 10.3. The predicted molar refractivity (Wildman–Crippen MR) is 70.0 cm³/mol. The molecule has 1 aliphatic heterocycles. The van der Waals surface area contributed by atoms with Crippen LogP contribution in [0.25, 0.3) is 0 Å². The van der Waals surface area contributed by atoms with Crippen LogP contribution in [0, 0.1) is 0 Å².